The van der Waals surface area contributed by atoms with Crippen LogP contribution in [0.4, 0.5) is 17.6 Å². The van der Waals surface area contributed by atoms with E-state index in [-0.39, 0.29) is 5.54 Å². The number of carbonyl (C=O) groups excluding carboxylic acids is 1. The summed E-state index contributed by atoms with van der Waals surface area (Å²) in [6.07, 6.45) is 1.30. The number of carbonyl (C=O) groups is 1. The molecule has 122 valence electrons. The fraction of sp³-hybridized carbons (Fsp3) is 0.533. The third kappa shape index (κ3) is 2.82. The van der Waals surface area contributed by atoms with Crippen LogP contribution in [0.5, 0.6) is 0 Å². The van der Waals surface area contributed by atoms with E-state index in [2.05, 4.69) is 0 Å². The number of halogens is 4. The SMILES string of the molecule is CN(C)C1(C)CCN(C(=O)c2cc(F)c(F)c(F)c2F)CC1. The van der Waals surface area contributed by atoms with Crippen LogP contribution in [0, 0.1) is 23.3 Å². The van der Waals surface area contributed by atoms with E-state index in [0.717, 1.165) is 0 Å². The van der Waals surface area contributed by atoms with Gasteiger partial charge in [-0.2, -0.15) is 0 Å². The first-order valence-electron chi connectivity index (χ1n) is 6.97. The Hall–Kier alpha value is -1.63. The highest BCUT2D eigenvalue weighted by molar-refractivity contribution is 5.94. The summed E-state index contributed by atoms with van der Waals surface area (Å²) in [6.45, 7) is 2.73. The monoisotopic (exact) mass is 318 g/mol. The molecule has 1 heterocycles. The predicted octanol–water partition coefficient (Wildman–Crippen LogP) is 2.80. The Balaban J connectivity index is 2.21. The molecule has 0 aromatic heterocycles. The van der Waals surface area contributed by atoms with Gasteiger partial charge in [-0.1, -0.05) is 0 Å². The highest BCUT2D eigenvalue weighted by Gasteiger charge is 2.35. The lowest BCUT2D eigenvalue weighted by Crippen LogP contribution is -2.52. The van der Waals surface area contributed by atoms with Crippen molar-refractivity contribution in [3.8, 4) is 0 Å². The molecule has 1 aliphatic heterocycles. The van der Waals surface area contributed by atoms with Crippen molar-refractivity contribution < 1.29 is 22.4 Å². The Bertz CT molecular complexity index is 596. The van der Waals surface area contributed by atoms with Gasteiger partial charge in [-0.3, -0.25) is 4.79 Å². The van der Waals surface area contributed by atoms with E-state index in [1.807, 2.05) is 25.9 Å². The van der Waals surface area contributed by atoms with E-state index < -0.39 is 34.7 Å². The topological polar surface area (TPSA) is 23.6 Å². The first-order valence-corrected chi connectivity index (χ1v) is 6.97. The Morgan fingerprint density at radius 1 is 1.09 bits per heavy atom. The number of likely N-dealkylation sites (tertiary alicyclic amines) is 1. The zero-order valence-corrected chi connectivity index (χ0v) is 12.7. The van der Waals surface area contributed by atoms with E-state index in [9.17, 15) is 22.4 Å². The smallest absolute Gasteiger partial charge is 0.257 e. The van der Waals surface area contributed by atoms with Crippen molar-refractivity contribution in [1.82, 2.24) is 9.80 Å². The largest absolute Gasteiger partial charge is 0.338 e. The Labute approximate surface area is 126 Å². The van der Waals surface area contributed by atoms with E-state index in [0.29, 0.717) is 32.0 Å². The van der Waals surface area contributed by atoms with E-state index in [1.165, 1.54) is 4.90 Å². The van der Waals surface area contributed by atoms with Gasteiger partial charge in [0, 0.05) is 18.6 Å². The third-order valence-electron chi connectivity index (χ3n) is 4.54. The molecule has 7 heteroatoms. The van der Waals surface area contributed by atoms with Gasteiger partial charge in [0.15, 0.2) is 23.3 Å². The van der Waals surface area contributed by atoms with Crippen LogP contribution >= 0.6 is 0 Å². The van der Waals surface area contributed by atoms with Gasteiger partial charge in [0.25, 0.3) is 5.91 Å². The fourth-order valence-electron chi connectivity index (χ4n) is 2.54. The standard InChI is InChI=1S/C15H18F4N2O/c1-15(20(2)3)4-6-21(7-5-15)14(22)9-8-10(16)12(18)13(19)11(9)17/h8H,4-7H2,1-3H3. The maximum absolute atomic E-state index is 13.7. The number of nitrogens with zero attached hydrogens (tertiary/aromatic N) is 2. The summed E-state index contributed by atoms with van der Waals surface area (Å²) in [5, 5.41) is 0. The second kappa shape index (κ2) is 5.87. The summed E-state index contributed by atoms with van der Waals surface area (Å²) in [7, 11) is 3.86. The molecular formula is C15H18F4N2O. The number of hydrogen-bond donors (Lipinski definition) is 0. The van der Waals surface area contributed by atoms with E-state index in [1.54, 1.807) is 0 Å². The van der Waals surface area contributed by atoms with E-state index >= 15 is 0 Å². The zero-order valence-electron chi connectivity index (χ0n) is 12.7. The van der Waals surface area contributed by atoms with Crippen LogP contribution in [0.1, 0.15) is 30.1 Å². The van der Waals surface area contributed by atoms with Crippen molar-refractivity contribution in [2.24, 2.45) is 0 Å². The van der Waals surface area contributed by atoms with Gasteiger partial charge in [-0.15, -0.1) is 0 Å². The lowest BCUT2D eigenvalue weighted by Gasteiger charge is -2.43. The van der Waals surface area contributed by atoms with Crippen LogP contribution in [0.2, 0.25) is 0 Å². The summed E-state index contributed by atoms with van der Waals surface area (Å²) in [5.41, 5.74) is -0.862. The average molecular weight is 318 g/mol. The van der Waals surface area contributed by atoms with Gasteiger partial charge in [0.1, 0.15) is 0 Å². The van der Waals surface area contributed by atoms with Crippen LogP contribution in [-0.4, -0.2) is 48.4 Å². The molecule has 0 saturated carbocycles. The minimum atomic E-state index is -1.96. The highest BCUT2D eigenvalue weighted by atomic mass is 19.2. The molecule has 3 nitrogen and oxygen atoms in total. The van der Waals surface area contributed by atoms with Crippen LogP contribution in [0.3, 0.4) is 0 Å². The van der Waals surface area contributed by atoms with Crippen molar-refractivity contribution in [1.29, 1.82) is 0 Å². The van der Waals surface area contributed by atoms with Gasteiger partial charge < -0.3 is 9.80 Å². The first-order chi connectivity index (χ1) is 10.2. The number of piperidine rings is 1. The molecular weight excluding hydrogens is 300 g/mol. The molecule has 2 rings (SSSR count). The molecule has 22 heavy (non-hydrogen) atoms. The van der Waals surface area contributed by atoms with Crippen molar-refractivity contribution in [3.63, 3.8) is 0 Å². The molecule has 1 saturated heterocycles. The molecule has 0 aliphatic carbocycles. The summed E-state index contributed by atoms with van der Waals surface area (Å²) in [6, 6.07) is 0.413. The Kier molecular flexibility index (Phi) is 4.47. The second-order valence-corrected chi connectivity index (χ2v) is 6.03. The lowest BCUT2D eigenvalue weighted by atomic mass is 9.88. The summed E-state index contributed by atoms with van der Waals surface area (Å²) < 4.78 is 53.1. The number of benzene rings is 1. The lowest BCUT2D eigenvalue weighted by molar-refractivity contribution is 0.0489. The third-order valence-corrected chi connectivity index (χ3v) is 4.54. The highest BCUT2D eigenvalue weighted by Crippen LogP contribution is 2.28. The van der Waals surface area contributed by atoms with Crippen LogP contribution in [0.25, 0.3) is 0 Å². The van der Waals surface area contributed by atoms with Crippen LogP contribution in [0.15, 0.2) is 6.07 Å². The van der Waals surface area contributed by atoms with Gasteiger partial charge in [-0.25, -0.2) is 17.6 Å². The Morgan fingerprint density at radius 2 is 1.64 bits per heavy atom. The molecule has 1 aromatic carbocycles. The van der Waals surface area contributed by atoms with Crippen molar-refractivity contribution in [2.45, 2.75) is 25.3 Å². The molecule has 1 aromatic rings. The normalized spacial score (nSPS) is 17.9. The molecule has 1 amide bonds. The molecule has 0 bridgehead atoms. The summed E-state index contributed by atoms with van der Waals surface area (Å²) in [5.74, 6) is -7.91. The zero-order chi connectivity index (χ0) is 16.7. The summed E-state index contributed by atoms with van der Waals surface area (Å²) >= 11 is 0. The van der Waals surface area contributed by atoms with Gasteiger partial charge >= 0.3 is 0 Å². The second-order valence-electron chi connectivity index (χ2n) is 6.03. The molecule has 0 radical (unpaired) electrons. The molecule has 1 aliphatic rings. The van der Waals surface area contributed by atoms with Crippen molar-refractivity contribution in [3.05, 3.63) is 34.9 Å². The maximum atomic E-state index is 13.7. The average Bonchev–Trinajstić information content (AvgIpc) is 2.48. The predicted molar refractivity (Wildman–Crippen MR) is 73.5 cm³/mol. The molecule has 0 N–H and O–H groups in total. The molecule has 0 atom stereocenters. The van der Waals surface area contributed by atoms with Crippen molar-refractivity contribution in [2.75, 3.05) is 27.2 Å². The molecule has 0 unspecified atom stereocenters. The fourth-order valence-corrected chi connectivity index (χ4v) is 2.54. The molecule has 0 spiro atoms. The Morgan fingerprint density at radius 3 is 2.14 bits per heavy atom. The first kappa shape index (κ1) is 16.7. The summed E-state index contributed by atoms with van der Waals surface area (Å²) in [4.78, 5) is 15.6. The van der Waals surface area contributed by atoms with Gasteiger partial charge in [0.05, 0.1) is 5.56 Å². The van der Waals surface area contributed by atoms with E-state index in [4.69, 9.17) is 0 Å². The number of amides is 1. The maximum Gasteiger partial charge on any atom is 0.257 e. The minimum Gasteiger partial charge on any atom is -0.338 e. The van der Waals surface area contributed by atoms with Gasteiger partial charge in [-0.05, 0) is 39.9 Å². The molecule has 1 fully saturated rings. The van der Waals surface area contributed by atoms with Crippen LogP contribution < -0.4 is 0 Å². The van der Waals surface area contributed by atoms with Gasteiger partial charge in [0.2, 0.25) is 0 Å². The quantitative estimate of drug-likeness (QED) is 0.476. The van der Waals surface area contributed by atoms with Crippen LogP contribution in [-0.2, 0) is 0 Å². The number of hydrogen-bond acceptors (Lipinski definition) is 2. The van der Waals surface area contributed by atoms with Crippen molar-refractivity contribution >= 4 is 5.91 Å². The minimum absolute atomic E-state index is 0.0887. The number of rotatable bonds is 2.